The lowest BCUT2D eigenvalue weighted by molar-refractivity contribution is 0.0697. The molecule has 2 aromatic carbocycles. The number of hydrogen-bond donors (Lipinski definition) is 2. The molecule has 0 amide bonds. The van der Waals surface area contributed by atoms with Crippen LogP contribution in [0, 0.1) is 0 Å². The van der Waals surface area contributed by atoms with Crippen molar-refractivity contribution in [1.29, 1.82) is 0 Å². The summed E-state index contributed by atoms with van der Waals surface area (Å²) >= 11 is 17.7. The Labute approximate surface area is 129 Å². The number of carboxylic acids is 1. The van der Waals surface area contributed by atoms with E-state index < -0.39 is 5.97 Å². The first kappa shape index (κ1) is 14.8. The molecule has 0 saturated carbocycles. The van der Waals surface area contributed by atoms with Crippen LogP contribution in [0.5, 0.6) is 11.5 Å². The van der Waals surface area contributed by atoms with E-state index in [2.05, 4.69) is 0 Å². The van der Waals surface area contributed by atoms with E-state index in [-0.39, 0.29) is 37.8 Å². The Kier molecular flexibility index (Phi) is 4.28. The summed E-state index contributed by atoms with van der Waals surface area (Å²) in [6.45, 7) is 0. The number of hydrogen-bond acceptors (Lipinski definition) is 3. The van der Waals surface area contributed by atoms with Crippen molar-refractivity contribution in [2.45, 2.75) is 0 Å². The smallest absolute Gasteiger partial charge is 0.337 e. The van der Waals surface area contributed by atoms with E-state index in [1.54, 1.807) is 0 Å². The van der Waals surface area contributed by atoms with Crippen LogP contribution in [0.15, 0.2) is 30.3 Å². The molecule has 0 aliphatic carbocycles. The zero-order chi connectivity index (χ0) is 14.9. The van der Waals surface area contributed by atoms with Gasteiger partial charge in [-0.3, -0.25) is 0 Å². The van der Waals surface area contributed by atoms with Crippen molar-refractivity contribution in [3.63, 3.8) is 0 Å². The zero-order valence-electron chi connectivity index (χ0n) is 9.86. The van der Waals surface area contributed by atoms with Crippen LogP contribution >= 0.6 is 34.8 Å². The fraction of sp³-hybridized carbons (Fsp3) is 0. The quantitative estimate of drug-likeness (QED) is 0.630. The molecular weight excluding hydrogens is 325 g/mol. The van der Waals surface area contributed by atoms with E-state index in [9.17, 15) is 4.79 Å². The van der Waals surface area contributed by atoms with Gasteiger partial charge in [0.15, 0.2) is 5.75 Å². The van der Waals surface area contributed by atoms with E-state index >= 15 is 0 Å². The van der Waals surface area contributed by atoms with Gasteiger partial charge in [-0.05, 0) is 18.2 Å². The monoisotopic (exact) mass is 331 g/mol. The summed E-state index contributed by atoms with van der Waals surface area (Å²) in [4.78, 5) is 11.0. The number of carbonyl (C=O) groups is 1. The molecule has 0 aliphatic heterocycles. The van der Waals surface area contributed by atoms with Gasteiger partial charge in [0.2, 0.25) is 0 Å². The van der Waals surface area contributed by atoms with Gasteiger partial charge >= 0.3 is 5.97 Å². The van der Waals surface area contributed by atoms with Crippen molar-refractivity contribution in [2.75, 3.05) is 5.73 Å². The number of anilines is 1. The molecule has 20 heavy (non-hydrogen) atoms. The first-order valence-electron chi connectivity index (χ1n) is 5.34. The van der Waals surface area contributed by atoms with Crippen LogP contribution in [0.1, 0.15) is 10.4 Å². The van der Waals surface area contributed by atoms with Gasteiger partial charge in [0, 0.05) is 6.07 Å². The van der Waals surface area contributed by atoms with Crippen molar-refractivity contribution in [3.8, 4) is 11.5 Å². The number of nitrogens with two attached hydrogens (primary N) is 1. The van der Waals surface area contributed by atoms with Crippen LogP contribution in [-0.2, 0) is 0 Å². The van der Waals surface area contributed by atoms with E-state index in [4.69, 9.17) is 50.4 Å². The van der Waals surface area contributed by atoms with Crippen LogP contribution in [0.2, 0.25) is 15.1 Å². The average molecular weight is 333 g/mol. The molecule has 0 heterocycles. The predicted molar refractivity (Wildman–Crippen MR) is 79.4 cm³/mol. The molecule has 7 heteroatoms. The number of aromatic carboxylic acids is 1. The minimum atomic E-state index is -1.15. The average Bonchev–Trinajstić information content (AvgIpc) is 2.37. The van der Waals surface area contributed by atoms with Crippen molar-refractivity contribution < 1.29 is 14.6 Å². The molecular formula is C13H8Cl3NO3. The van der Waals surface area contributed by atoms with Gasteiger partial charge in [-0.1, -0.05) is 40.9 Å². The second-order valence-electron chi connectivity index (χ2n) is 3.82. The summed E-state index contributed by atoms with van der Waals surface area (Å²) in [5, 5.41) is 9.78. The molecule has 0 fully saturated rings. The number of halogens is 3. The minimum Gasteiger partial charge on any atom is -0.478 e. The molecule has 0 aliphatic rings. The van der Waals surface area contributed by atoms with Crippen LogP contribution in [0.25, 0.3) is 0 Å². The van der Waals surface area contributed by atoms with Gasteiger partial charge in [0.1, 0.15) is 5.75 Å². The van der Waals surface area contributed by atoms with Gasteiger partial charge in [0.05, 0.1) is 26.3 Å². The lowest BCUT2D eigenvalue weighted by Gasteiger charge is -2.12. The molecule has 2 rings (SSSR count). The van der Waals surface area contributed by atoms with E-state index in [1.807, 2.05) is 0 Å². The summed E-state index contributed by atoms with van der Waals surface area (Å²) in [5.74, 6) is -0.742. The summed E-state index contributed by atoms with van der Waals surface area (Å²) in [5.41, 5.74) is 5.69. The predicted octanol–water partition coefficient (Wildman–Crippen LogP) is 4.72. The molecule has 0 aromatic heterocycles. The molecule has 0 spiro atoms. The Morgan fingerprint density at radius 3 is 2.35 bits per heavy atom. The van der Waals surface area contributed by atoms with Gasteiger partial charge in [-0.25, -0.2) is 4.79 Å². The van der Waals surface area contributed by atoms with Crippen molar-refractivity contribution >= 4 is 46.5 Å². The minimum absolute atomic E-state index is 0.00198. The highest BCUT2D eigenvalue weighted by molar-refractivity contribution is 6.43. The Bertz CT molecular complexity index is 689. The second-order valence-corrected chi connectivity index (χ2v) is 5.04. The van der Waals surface area contributed by atoms with Gasteiger partial charge in [-0.15, -0.1) is 0 Å². The van der Waals surface area contributed by atoms with Gasteiger partial charge in [-0.2, -0.15) is 0 Å². The lowest BCUT2D eigenvalue weighted by Crippen LogP contribution is -2.03. The molecule has 2 aromatic rings. The van der Waals surface area contributed by atoms with Gasteiger partial charge in [0.25, 0.3) is 0 Å². The third-order valence-electron chi connectivity index (χ3n) is 2.49. The number of nitrogen functional groups attached to an aromatic ring is 1. The van der Waals surface area contributed by atoms with Crippen LogP contribution in [-0.4, -0.2) is 11.1 Å². The molecule has 0 unspecified atom stereocenters. The fourth-order valence-electron chi connectivity index (χ4n) is 1.52. The van der Waals surface area contributed by atoms with Crippen LogP contribution in [0.4, 0.5) is 5.69 Å². The highest BCUT2D eigenvalue weighted by Crippen LogP contribution is 2.38. The first-order valence-corrected chi connectivity index (χ1v) is 6.47. The molecule has 0 radical (unpaired) electrons. The van der Waals surface area contributed by atoms with Crippen LogP contribution in [0.3, 0.4) is 0 Å². The number of ether oxygens (including phenoxy) is 1. The van der Waals surface area contributed by atoms with Crippen molar-refractivity contribution in [3.05, 3.63) is 51.0 Å². The zero-order valence-corrected chi connectivity index (χ0v) is 12.1. The Morgan fingerprint density at radius 1 is 1.05 bits per heavy atom. The SMILES string of the molecule is Nc1c(Oc2cc(Cl)c(Cl)cc2Cl)cccc1C(=O)O. The second kappa shape index (κ2) is 5.79. The van der Waals surface area contributed by atoms with E-state index in [0.717, 1.165) is 0 Å². The topological polar surface area (TPSA) is 72.5 Å². The summed E-state index contributed by atoms with van der Waals surface area (Å²) < 4.78 is 5.50. The largest absolute Gasteiger partial charge is 0.478 e. The number of benzene rings is 2. The maximum absolute atomic E-state index is 11.0. The molecule has 3 N–H and O–H groups in total. The van der Waals surface area contributed by atoms with Crippen LogP contribution < -0.4 is 10.5 Å². The first-order chi connectivity index (χ1) is 9.40. The molecule has 4 nitrogen and oxygen atoms in total. The Balaban J connectivity index is 2.43. The summed E-state index contributed by atoms with van der Waals surface area (Å²) in [6.07, 6.45) is 0. The van der Waals surface area contributed by atoms with E-state index in [0.29, 0.717) is 0 Å². The number of rotatable bonds is 3. The molecule has 104 valence electrons. The highest BCUT2D eigenvalue weighted by atomic mass is 35.5. The Morgan fingerprint density at radius 2 is 1.70 bits per heavy atom. The van der Waals surface area contributed by atoms with Gasteiger partial charge < -0.3 is 15.6 Å². The third kappa shape index (κ3) is 2.93. The summed E-state index contributed by atoms with van der Waals surface area (Å²) in [6, 6.07) is 7.28. The maximum atomic E-state index is 11.0. The lowest BCUT2D eigenvalue weighted by atomic mass is 10.1. The normalized spacial score (nSPS) is 10.3. The van der Waals surface area contributed by atoms with Crippen molar-refractivity contribution in [1.82, 2.24) is 0 Å². The number of para-hydroxylation sites is 1. The highest BCUT2D eigenvalue weighted by Gasteiger charge is 2.14. The standard InChI is InChI=1S/C13H8Cl3NO3/c14-7-4-9(16)11(5-8(7)15)20-10-3-1-2-6(12(10)17)13(18)19/h1-5H,17H2,(H,18,19). The molecule has 0 bridgehead atoms. The maximum Gasteiger partial charge on any atom is 0.337 e. The summed E-state index contributed by atoms with van der Waals surface area (Å²) in [7, 11) is 0. The fourth-order valence-corrected chi connectivity index (χ4v) is 2.10. The molecule has 0 saturated heterocycles. The van der Waals surface area contributed by atoms with Crippen molar-refractivity contribution in [2.24, 2.45) is 0 Å². The third-order valence-corrected chi connectivity index (χ3v) is 3.51. The Hall–Kier alpha value is -1.62. The molecule has 0 atom stereocenters. The van der Waals surface area contributed by atoms with E-state index in [1.165, 1.54) is 30.3 Å². The number of carboxylic acid groups (broad SMARTS) is 1.